The van der Waals surface area contributed by atoms with E-state index in [0.717, 1.165) is 6.21 Å². The van der Waals surface area contributed by atoms with Gasteiger partial charge in [0.15, 0.2) is 0 Å². The number of carbonyl (C=O) groups is 1. The number of carbonyl (C=O) groups excluding carboxylic acids is 1. The highest BCUT2D eigenvalue weighted by atomic mass is 19.1. The normalized spacial score (nSPS) is 11.4. The molecule has 0 aliphatic heterocycles. The molecule has 3 aromatic rings. The molecule has 0 aliphatic rings. The van der Waals surface area contributed by atoms with Crippen LogP contribution in [0.2, 0.25) is 0 Å². The van der Waals surface area contributed by atoms with Crippen molar-refractivity contribution in [3.8, 4) is 11.3 Å². The number of likely N-dealkylation sites (N-methyl/N-ethyl adjacent to an activating group) is 1. The van der Waals surface area contributed by atoms with Gasteiger partial charge < -0.3 is 16.0 Å². The summed E-state index contributed by atoms with van der Waals surface area (Å²) in [5.74, 6) is -1.38. The van der Waals surface area contributed by atoms with Gasteiger partial charge in [-0.25, -0.2) is 13.8 Å². The molecule has 0 radical (unpaired) electrons. The van der Waals surface area contributed by atoms with Gasteiger partial charge in [-0.15, -0.1) is 0 Å². The van der Waals surface area contributed by atoms with E-state index >= 15 is 0 Å². The molecule has 0 spiro atoms. The third kappa shape index (κ3) is 3.88. The Morgan fingerprint density at radius 2 is 1.93 bits per heavy atom. The zero-order chi connectivity index (χ0) is 20.3. The standard InChI is InChI=1S/C21H18F2N4O/c1-12-9-15(18-5-3-13-10-14(22)4-6-17(13)26-18)16(23)11-20(12)27-21(28)19(25-2)7-8-24/h3-11,24-25H,1-2H3,(H,27,28)/b19-7-,24-8?. The van der Waals surface area contributed by atoms with E-state index in [2.05, 4.69) is 15.6 Å². The van der Waals surface area contributed by atoms with Gasteiger partial charge in [-0.1, -0.05) is 6.07 Å². The highest BCUT2D eigenvalue weighted by molar-refractivity contribution is 6.05. The van der Waals surface area contributed by atoms with Crippen LogP contribution in [0.15, 0.2) is 54.2 Å². The summed E-state index contributed by atoms with van der Waals surface area (Å²) in [5, 5.41) is 13.0. The molecular formula is C21H18F2N4O. The Morgan fingerprint density at radius 3 is 2.64 bits per heavy atom. The number of allylic oxidation sites excluding steroid dienone is 1. The van der Waals surface area contributed by atoms with Crippen LogP contribution in [0, 0.1) is 24.0 Å². The van der Waals surface area contributed by atoms with Gasteiger partial charge >= 0.3 is 0 Å². The number of rotatable bonds is 5. The number of nitrogens with one attached hydrogen (secondary N) is 3. The van der Waals surface area contributed by atoms with Crippen LogP contribution in [0.3, 0.4) is 0 Å². The molecule has 1 amide bonds. The smallest absolute Gasteiger partial charge is 0.271 e. The second-order valence-corrected chi connectivity index (χ2v) is 6.13. The highest BCUT2D eigenvalue weighted by Crippen LogP contribution is 2.29. The first-order valence-electron chi connectivity index (χ1n) is 8.49. The number of pyridine rings is 1. The maximum absolute atomic E-state index is 14.7. The minimum atomic E-state index is -0.545. The number of aromatic nitrogens is 1. The number of hydrogen-bond acceptors (Lipinski definition) is 4. The van der Waals surface area contributed by atoms with E-state index < -0.39 is 11.7 Å². The summed E-state index contributed by atoms with van der Waals surface area (Å²) in [4.78, 5) is 16.6. The summed E-state index contributed by atoms with van der Waals surface area (Å²) in [7, 11) is 1.56. The number of fused-ring (bicyclic) bond motifs is 1. The van der Waals surface area contributed by atoms with Crippen molar-refractivity contribution in [2.45, 2.75) is 6.92 Å². The molecule has 2 aromatic carbocycles. The lowest BCUT2D eigenvalue weighted by atomic mass is 10.0. The van der Waals surface area contributed by atoms with Gasteiger partial charge in [0.1, 0.15) is 17.3 Å². The van der Waals surface area contributed by atoms with Gasteiger partial charge in [-0.05, 0) is 55.0 Å². The highest BCUT2D eigenvalue weighted by Gasteiger charge is 2.14. The molecule has 0 atom stereocenters. The summed E-state index contributed by atoms with van der Waals surface area (Å²) >= 11 is 0. The second-order valence-electron chi connectivity index (χ2n) is 6.13. The zero-order valence-corrected chi connectivity index (χ0v) is 15.3. The monoisotopic (exact) mass is 380 g/mol. The topological polar surface area (TPSA) is 77.9 Å². The van der Waals surface area contributed by atoms with Gasteiger partial charge in [0.2, 0.25) is 0 Å². The Hall–Kier alpha value is -3.61. The first-order valence-corrected chi connectivity index (χ1v) is 8.49. The van der Waals surface area contributed by atoms with Crippen molar-refractivity contribution < 1.29 is 13.6 Å². The average Bonchev–Trinajstić information content (AvgIpc) is 2.68. The van der Waals surface area contributed by atoms with E-state index in [9.17, 15) is 13.6 Å². The van der Waals surface area contributed by atoms with Crippen LogP contribution in [0.4, 0.5) is 14.5 Å². The minimum Gasteiger partial charge on any atom is -0.384 e. The van der Waals surface area contributed by atoms with Crippen LogP contribution >= 0.6 is 0 Å². The number of anilines is 1. The van der Waals surface area contributed by atoms with Crippen molar-refractivity contribution in [3.05, 3.63) is 71.4 Å². The Balaban J connectivity index is 1.96. The Bertz CT molecular complexity index is 1110. The number of nitrogens with zero attached hydrogens (tertiary/aromatic N) is 1. The molecule has 1 aromatic heterocycles. The molecule has 0 aliphatic carbocycles. The molecule has 0 saturated heterocycles. The van der Waals surface area contributed by atoms with Gasteiger partial charge in [0, 0.05) is 29.9 Å². The first-order chi connectivity index (χ1) is 13.4. The number of halogens is 2. The Labute approximate surface area is 160 Å². The summed E-state index contributed by atoms with van der Waals surface area (Å²) in [5.41, 5.74) is 2.41. The number of benzene rings is 2. The molecule has 142 valence electrons. The van der Waals surface area contributed by atoms with Gasteiger partial charge in [0.25, 0.3) is 5.91 Å². The number of aryl methyl sites for hydroxylation is 1. The molecule has 3 rings (SSSR count). The zero-order valence-electron chi connectivity index (χ0n) is 15.3. The molecular weight excluding hydrogens is 362 g/mol. The van der Waals surface area contributed by atoms with Crippen LogP contribution in [-0.2, 0) is 4.79 Å². The van der Waals surface area contributed by atoms with E-state index in [4.69, 9.17) is 5.41 Å². The van der Waals surface area contributed by atoms with Crippen LogP contribution in [-0.4, -0.2) is 24.2 Å². The molecule has 0 saturated carbocycles. The van der Waals surface area contributed by atoms with E-state index in [1.54, 1.807) is 38.2 Å². The number of hydrogen-bond donors (Lipinski definition) is 3. The molecule has 28 heavy (non-hydrogen) atoms. The average molecular weight is 380 g/mol. The van der Waals surface area contributed by atoms with Crippen LogP contribution in [0.25, 0.3) is 22.2 Å². The predicted octanol–water partition coefficient (Wildman–Crippen LogP) is 4.18. The Morgan fingerprint density at radius 1 is 1.14 bits per heavy atom. The third-order valence-electron chi connectivity index (χ3n) is 4.25. The van der Waals surface area contributed by atoms with Crippen molar-refractivity contribution in [3.63, 3.8) is 0 Å². The molecule has 0 fully saturated rings. The lowest BCUT2D eigenvalue weighted by Crippen LogP contribution is -2.23. The molecule has 3 N–H and O–H groups in total. The second kappa shape index (κ2) is 7.96. The maximum Gasteiger partial charge on any atom is 0.271 e. The van der Waals surface area contributed by atoms with Crippen LogP contribution < -0.4 is 10.6 Å². The SMILES string of the molecule is CN/C(=C\C=N)C(=O)Nc1cc(F)c(-c2ccc3cc(F)ccc3n2)cc1C. The molecule has 0 bridgehead atoms. The summed E-state index contributed by atoms with van der Waals surface area (Å²) in [6.45, 7) is 1.74. The van der Waals surface area contributed by atoms with E-state index in [-0.39, 0.29) is 17.1 Å². The van der Waals surface area contributed by atoms with Crippen molar-refractivity contribution >= 4 is 28.7 Å². The van der Waals surface area contributed by atoms with Gasteiger partial charge in [-0.3, -0.25) is 4.79 Å². The summed E-state index contributed by atoms with van der Waals surface area (Å²) < 4.78 is 28.1. The molecule has 1 heterocycles. The van der Waals surface area contributed by atoms with Gasteiger partial charge in [-0.2, -0.15) is 0 Å². The predicted molar refractivity (Wildman–Crippen MR) is 106 cm³/mol. The summed E-state index contributed by atoms with van der Waals surface area (Å²) in [6, 6.07) is 10.4. The van der Waals surface area contributed by atoms with E-state index in [1.165, 1.54) is 24.3 Å². The summed E-state index contributed by atoms with van der Waals surface area (Å²) in [6.07, 6.45) is 2.29. The fourth-order valence-electron chi connectivity index (χ4n) is 2.80. The minimum absolute atomic E-state index is 0.183. The Kier molecular flexibility index (Phi) is 5.44. The van der Waals surface area contributed by atoms with Gasteiger partial charge in [0.05, 0.1) is 11.2 Å². The lowest BCUT2D eigenvalue weighted by molar-refractivity contribution is -0.113. The first kappa shape index (κ1) is 19.2. The maximum atomic E-state index is 14.7. The van der Waals surface area contributed by atoms with Crippen molar-refractivity contribution in [2.24, 2.45) is 0 Å². The van der Waals surface area contributed by atoms with E-state index in [0.29, 0.717) is 27.8 Å². The molecule has 5 nitrogen and oxygen atoms in total. The number of amides is 1. The fourth-order valence-corrected chi connectivity index (χ4v) is 2.80. The molecule has 0 unspecified atom stereocenters. The van der Waals surface area contributed by atoms with Crippen LogP contribution in [0.1, 0.15) is 5.56 Å². The quantitative estimate of drug-likeness (QED) is 0.459. The third-order valence-corrected chi connectivity index (χ3v) is 4.25. The largest absolute Gasteiger partial charge is 0.384 e. The van der Waals surface area contributed by atoms with Crippen molar-refractivity contribution in [2.75, 3.05) is 12.4 Å². The van der Waals surface area contributed by atoms with E-state index in [1.807, 2.05) is 0 Å². The van der Waals surface area contributed by atoms with Crippen molar-refractivity contribution in [1.29, 1.82) is 5.41 Å². The fraction of sp³-hybridized carbons (Fsp3) is 0.0952. The molecule has 7 heteroatoms. The van der Waals surface area contributed by atoms with Crippen molar-refractivity contribution in [1.82, 2.24) is 10.3 Å². The lowest BCUT2D eigenvalue weighted by Gasteiger charge is -2.13. The van der Waals surface area contributed by atoms with Crippen LogP contribution in [0.5, 0.6) is 0 Å².